The summed E-state index contributed by atoms with van der Waals surface area (Å²) in [5, 5.41) is 6.83. The molecular formula is C22H20ClN3O3S. The van der Waals surface area contributed by atoms with Gasteiger partial charge < -0.3 is 10.1 Å². The minimum Gasteiger partial charge on any atom is -0.495 e. The molecule has 8 heteroatoms. The van der Waals surface area contributed by atoms with Crippen LogP contribution < -0.4 is 15.4 Å². The molecule has 0 saturated carbocycles. The van der Waals surface area contributed by atoms with Gasteiger partial charge in [0.25, 0.3) is 5.91 Å². The fourth-order valence-corrected chi connectivity index (χ4v) is 4.59. The Morgan fingerprint density at radius 3 is 2.67 bits per heavy atom. The van der Waals surface area contributed by atoms with Gasteiger partial charge in [-0.2, -0.15) is 0 Å². The molecule has 2 aromatic carbocycles. The van der Waals surface area contributed by atoms with Gasteiger partial charge in [0.05, 0.1) is 24.4 Å². The van der Waals surface area contributed by atoms with Crippen molar-refractivity contribution in [1.29, 1.82) is 0 Å². The van der Waals surface area contributed by atoms with E-state index in [2.05, 4.69) is 15.6 Å². The second kappa shape index (κ2) is 8.45. The molecule has 0 radical (unpaired) electrons. The standard InChI is InChI=1S/C22H20ClN3O3S/c1-12-3-9-16(17(11-12)29-2)24-21(28)15-8-10-18-19(15)25-22(30-18)26-20(27)13-4-6-14(23)7-5-13/h3-7,9,11,15H,8,10H2,1-2H3,(H,24,28)(H,25,26,27). The van der Waals surface area contributed by atoms with Gasteiger partial charge in [-0.05, 0) is 61.7 Å². The molecule has 1 aliphatic rings. The fraction of sp³-hybridized carbons (Fsp3) is 0.227. The molecule has 154 valence electrons. The summed E-state index contributed by atoms with van der Waals surface area (Å²) < 4.78 is 5.37. The summed E-state index contributed by atoms with van der Waals surface area (Å²) in [6.07, 6.45) is 1.45. The predicted octanol–water partition coefficient (Wildman–Crippen LogP) is 5.03. The first-order valence-electron chi connectivity index (χ1n) is 9.46. The maximum absolute atomic E-state index is 12.9. The summed E-state index contributed by atoms with van der Waals surface area (Å²) in [7, 11) is 1.58. The van der Waals surface area contributed by atoms with Crippen molar-refractivity contribution in [2.45, 2.75) is 25.7 Å². The molecule has 2 amide bonds. The number of anilines is 2. The maximum Gasteiger partial charge on any atom is 0.257 e. The zero-order chi connectivity index (χ0) is 21.3. The fourth-order valence-electron chi connectivity index (χ4n) is 3.43. The number of methoxy groups -OCH3 is 1. The molecule has 1 atom stereocenters. The third-order valence-electron chi connectivity index (χ3n) is 4.98. The molecule has 1 aromatic heterocycles. The Hall–Kier alpha value is -2.90. The van der Waals surface area contributed by atoms with Gasteiger partial charge in [-0.25, -0.2) is 4.98 Å². The molecule has 4 rings (SSSR count). The van der Waals surface area contributed by atoms with Crippen molar-refractivity contribution < 1.29 is 14.3 Å². The van der Waals surface area contributed by atoms with E-state index < -0.39 is 0 Å². The number of nitrogens with zero attached hydrogens (tertiary/aromatic N) is 1. The molecule has 6 nitrogen and oxygen atoms in total. The van der Waals surface area contributed by atoms with Crippen LogP contribution in [0.2, 0.25) is 5.02 Å². The molecular weight excluding hydrogens is 422 g/mol. The number of aryl methyl sites for hydroxylation is 2. The second-order valence-corrected chi connectivity index (χ2v) is 8.59. The highest BCUT2D eigenvalue weighted by Gasteiger charge is 2.33. The molecule has 1 heterocycles. The number of halogens is 1. The van der Waals surface area contributed by atoms with Crippen LogP contribution in [0.15, 0.2) is 42.5 Å². The zero-order valence-corrected chi connectivity index (χ0v) is 18.1. The summed E-state index contributed by atoms with van der Waals surface area (Å²) in [5.74, 6) is -0.125. The van der Waals surface area contributed by atoms with Crippen LogP contribution >= 0.6 is 22.9 Å². The van der Waals surface area contributed by atoms with Crippen LogP contribution in [0.3, 0.4) is 0 Å². The molecule has 30 heavy (non-hydrogen) atoms. The SMILES string of the molecule is COc1cc(C)ccc1NC(=O)C1CCc2sc(NC(=O)c3ccc(Cl)cc3)nc21. The Morgan fingerprint density at radius 2 is 1.93 bits per heavy atom. The number of benzene rings is 2. The Morgan fingerprint density at radius 1 is 1.17 bits per heavy atom. The lowest BCUT2D eigenvalue weighted by Crippen LogP contribution is -2.20. The lowest BCUT2D eigenvalue weighted by Gasteiger charge is -2.14. The zero-order valence-electron chi connectivity index (χ0n) is 16.5. The third kappa shape index (κ3) is 4.17. The van der Waals surface area contributed by atoms with Crippen molar-refractivity contribution in [3.05, 3.63) is 69.2 Å². The highest BCUT2D eigenvalue weighted by molar-refractivity contribution is 7.16. The average molecular weight is 442 g/mol. The van der Waals surface area contributed by atoms with E-state index >= 15 is 0 Å². The number of hydrogen-bond acceptors (Lipinski definition) is 5. The number of hydrogen-bond donors (Lipinski definition) is 2. The Bertz CT molecular complexity index is 1110. The summed E-state index contributed by atoms with van der Waals surface area (Å²) in [4.78, 5) is 30.9. The van der Waals surface area contributed by atoms with E-state index in [0.717, 1.165) is 22.6 Å². The van der Waals surface area contributed by atoms with Gasteiger partial charge in [-0.1, -0.05) is 17.7 Å². The van der Waals surface area contributed by atoms with Gasteiger partial charge in [0.1, 0.15) is 5.75 Å². The van der Waals surface area contributed by atoms with Gasteiger partial charge in [-0.15, -0.1) is 11.3 Å². The molecule has 2 N–H and O–H groups in total. The van der Waals surface area contributed by atoms with Crippen molar-refractivity contribution in [2.24, 2.45) is 0 Å². The van der Waals surface area contributed by atoms with Crippen molar-refractivity contribution >= 4 is 45.6 Å². The summed E-state index contributed by atoms with van der Waals surface area (Å²) in [5.41, 5.74) is 2.91. The highest BCUT2D eigenvalue weighted by Crippen LogP contribution is 2.39. The van der Waals surface area contributed by atoms with E-state index in [0.29, 0.717) is 33.6 Å². The quantitative estimate of drug-likeness (QED) is 0.581. The lowest BCUT2D eigenvalue weighted by atomic mass is 10.1. The van der Waals surface area contributed by atoms with Crippen LogP contribution in [0, 0.1) is 6.92 Å². The number of aromatic nitrogens is 1. The van der Waals surface area contributed by atoms with E-state index in [4.69, 9.17) is 16.3 Å². The van der Waals surface area contributed by atoms with Crippen molar-refractivity contribution in [2.75, 3.05) is 17.7 Å². The number of thiazole rings is 1. The van der Waals surface area contributed by atoms with E-state index in [-0.39, 0.29) is 17.7 Å². The van der Waals surface area contributed by atoms with Crippen LogP contribution in [-0.2, 0) is 11.2 Å². The molecule has 1 aliphatic carbocycles. The average Bonchev–Trinajstić information content (AvgIpc) is 3.29. The number of carbonyl (C=O) groups excluding carboxylic acids is 2. The van der Waals surface area contributed by atoms with Crippen LogP contribution in [0.25, 0.3) is 0 Å². The van der Waals surface area contributed by atoms with Crippen molar-refractivity contribution in [3.63, 3.8) is 0 Å². The minimum absolute atomic E-state index is 0.128. The van der Waals surface area contributed by atoms with Crippen LogP contribution in [-0.4, -0.2) is 23.9 Å². The normalized spacial score (nSPS) is 14.8. The molecule has 1 unspecified atom stereocenters. The smallest absolute Gasteiger partial charge is 0.257 e. The number of ether oxygens (including phenoxy) is 1. The van der Waals surface area contributed by atoms with Gasteiger partial charge in [-0.3, -0.25) is 14.9 Å². The van der Waals surface area contributed by atoms with Gasteiger partial charge >= 0.3 is 0 Å². The van der Waals surface area contributed by atoms with E-state index in [1.165, 1.54) is 11.3 Å². The Labute approximate surface area is 183 Å². The molecule has 0 spiro atoms. The first kappa shape index (κ1) is 20.4. The van der Waals surface area contributed by atoms with Gasteiger partial charge in [0.15, 0.2) is 5.13 Å². The number of fused-ring (bicyclic) bond motifs is 1. The number of carbonyl (C=O) groups is 2. The summed E-state index contributed by atoms with van der Waals surface area (Å²) >= 11 is 7.28. The van der Waals surface area contributed by atoms with E-state index in [1.807, 2.05) is 25.1 Å². The molecule has 0 fully saturated rings. The topological polar surface area (TPSA) is 80.3 Å². The summed E-state index contributed by atoms with van der Waals surface area (Å²) in [6.45, 7) is 1.96. The first-order chi connectivity index (χ1) is 14.4. The van der Waals surface area contributed by atoms with Gasteiger partial charge in [0.2, 0.25) is 5.91 Å². The predicted molar refractivity (Wildman–Crippen MR) is 119 cm³/mol. The number of nitrogens with one attached hydrogen (secondary N) is 2. The molecule has 3 aromatic rings. The molecule has 0 saturated heterocycles. The van der Waals surface area contributed by atoms with Crippen LogP contribution in [0.4, 0.5) is 10.8 Å². The third-order valence-corrected chi connectivity index (χ3v) is 6.27. The van der Waals surface area contributed by atoms with E-state index in [9.17, 15) is 9.59 Å². The monoisotopic (exact) mass is 441 g/mol. The maximum atomic E-state index is 12.9. The van der Waals surface area contributed by atoms with Crippen molar-refractivity contribution in [1.82, 2.24) is 4.98 Å². The molecule has 0 aliphatic heterocycles. The largest absolute Gasteiger partial charge is 0.495 e. The number of amides is 2. The summed E-state index contributed by atoms with van der Waals surface area (Å²) in [6, 6.07) is 12.3. The lowest BCUT2D eigenvalue weighted by molar-refractivity contribution is -0.117. The second-order valence-electron chi connectivity index (χ2n) is 7.07. The van der Waals surface area contributed by atoms with Crippen LogP contribution in [0.1, 0.15) is 38.8 Å². The van der Waals surface area contributed by atoms with Crippen LogP contribution in [0.5, 0.6) is 5.75 Å². The Kier molecular flexibility index (Phi) is 5.74. The first-order valence-corrected chi connectivity index (χ1v) is 10.7. The Balaban J connectivity index is 1.48. The van der Waals surface area contributed by atoms with Gasteiger partial charge in [0, 0.05) is 15.5 Å². The minimum atomic E-state index is -0.358. The van der Waals surface area contributed by atoms with E-state index in [1.54, 1.807) is 31.4 Å². The van der Waals surface area contributed by atoms with Crippen molar-refractivity contribution in [3.8, 4) is 5.75 Å². The highest BCUT2D eigenvalue weighted by atomic mass is 35.5. The molecule has 0 bridgehead atoms. The number of rotatable bonds is 5.